The zero-order valence-corrected chi connectivity index (χ0v) is 12.7. The summed E-state index contributed by atoms with van der Waals surface area (Å²) in [5.41, 5.74) is 7.83. The van der Waals surface area contributed by atoms with Gasteiger partial charge in [0.25, 0.3) is 0 Å². The molecule has 3 N–H and O–H groups in total. The Morgan fingerprint density at radius 1 is 1.14 bits per heavy atom. The summed E-state index contributed by atoms with van der Waals surface area (Å²) in [7, 11) is 2.00. The van der Waals surface area contributed by atoms with Gasteiger partial charge in [0.2, 0.25) is 0 Å². The number of likely N-dealkylation sites (N-methyl/N-ethyl adjacent to an activating group) is 1. The number of nitrogens with two attached hydrogens (primary N) is 1. The van der Waals surface area contributed by atoms with Gasteiger partial charge in [-0.2, -0.15) is 0 Å². The molecule has 0 radical (unpaired) electrons. The molecule has 0 aromatic heterocycles. The van der Waals surface area contributed by atoms with E-state index in [4.69, 9.17) is 5.73 Å². The van der Waals surface area contributed by atoms with Crippen LogP contribution in [0.2, 0.25) is 0 Å². The van der Waals surface area contributed by atoms with Crippen molar-refractivity contribution in [3.8, 4) is 0 Å². The van der Waals surface area contributed by atoms with E-state index < -0.39 is 0 Å². The highest BCUT2D eigenvalue weighted by Gasteiger charge is 2.01. The van der Waals surface area contributed by atoms with E-state index in [1.807, 2.05) is 37.4 Å². The number of anilines is 1. The van der Waals surface area contributed by atoms with Crippen molar-refractivity contribution < 1.29 is 4.39 Å². The minimum absolute atomic E-state index is 0.212. The van der Waals surface area contributed by atoms with E-state index in [1.165, 1.54) is 12.1 Å². The van der Waals surface area contributed by atoms with Crippen LogP contribution in [0.3, 0.4) is 0 Å². The lowest BCUT2D eigenvalue weighted by Crippen LogP contribution is -2.26. The Hall–Kier alpha value is -2.40. The summed E-state index contributed by atoms with van der Waals surface area (Å²) in [5, 5.41) is 3.04. The van der Waals surface area contributed by atoms with Gasteiger partial charge in [0.1, 0.15) is 5.82 Å². The second-order valence-electron chi connectivity index (χ2n) is 5.12. The molecular formula is C17H21FN4. The highest BCUT2D eigenvalue weighted by molar-refractivity contribution is 5.92. The first-order valence-electron chi connectivity index (χ1n) is 7.18. The van der Waals surface area contributed by atoms with E-state index in [0.29, 0.717) is 12.5 Å². The quantitative estimate of drug-likeness (QED) is 0.637. The molecule has 5 heteroatoms. The second-order valence-corrected chi connectivity index (χ2v) is 5.12. The van der Waals surface area contributed by atoms with E-state index in [-0.39, 0.29) is 5.82 Å². The van der Waals surface area contributed by atoms with Gasteiger partial charge in [-0.15, -0.1) is 0 Å². The molecule has 0 saturated heterocycles. The van der Waals surface area contributed by atoms with Crippen LogP contribution in [-0.4, -0.2) is 31.0 Å². The van der Waals surface area contributed by atoms with Crippen molar-refractivity contribution in [3.63, 3.8) is 0 Å². The molecule has 2 rings (SSSR count). The SMILES string of the molecule is CN(CCN=C(N)Nc1ccccc1)Cc1ccc(F)cc1. The molecule has 116 valence electrons. The van der Waals surface area contributed by atoms with E-state index in [2.05, 4.69) is 15.2 Å². The molecule has 2 aromatic rings. The number of hydrogen-bond donors (Lipinski definition) is 2. The average Bonchev–Trinajstić information content (AvgIpc) is 2.50. The Morgan fingerprint density at radius 3 is 2.50 bits per heavy atom. The molecule has 22 heavy (non-hydrogen) atoms. The minimum atomic E-state index is -0.212. The van der Waals surface area contributed by atoms with Crippen molar-refractivity contribution in [1.29, 1.82) is 0 Å². The molecule has 0 aliphatic heterocycles. The Morgan fingerprint density at radius 2 is 1.82 bits per heavy atom. The van der Waals surface area contributed by atoms with Crippen LogP contribution in [0.25, 0.3) is 0 Å². The van der Waals surface area contributed by atoms with Crippen LogP contribution in [0.1, 0.15) is 5.56 Å². The normalized spacial score (nSPS) is 11.7. The Kier molecular flexibility index (Phi) is 5.91. The third-order valence-electron chi connectivity index (χ3n) is 3.18. The highest BCUT2D eigenvalue weighted by atomic mass is 19.1. The van der Waals surface area contributed by atoms with Gasteiger partial charge in [0, 0.05) is 18.8 Å². The van der Waals surface area contributed by atoms with Gasteiger partial charge < -0.3 is 16.0 Å². The molecule has 0 amide bonds. The number of para-hydroxylation sites is 1. The summed E-state index contributed by atoms with van der Waals surface area (Å²) in [6.07, 6.45) is 0. The smallest absolute Gasteiger partial charge is 0.193 e. The maximum Gasteiger partial charge on any atom is 0.193 e. The summed E-state index contributed by atoms with van der Waals surface area (Å²) >= 11 is 0. The van der Waals surface area contributed by atoms with Crippen LogP contribution in [0.15, 0.2) is 59.6 Å². The molecule has 0 unspecified atom stereocenters. The molecular weight excluding hydrogens is 279 g/mol. The molecule has 0 atom stereocenters. The average molecular weight is 300 g/mol. The number of nitrogens with one attached hydrogen (secondary N) is 1. The molecule has 2 aromatic carbocycles. The van der Waals surface area contributed by atoms with Gasteiger partial charge >= 0.3 is 0 Å². The number of halogens is 1. The lowest BCUT2D eigenvalue weighted by molar-refractivity contribution is 0.336. The Labute approximate surface area is 130 Å². The van der Waals surface area contributed by atoms with E-state index in [0.717, 1.165) is 24.3 Å². The van der Waals surface area contributed by atoms with Crippen LogP contribution in [0, 0.1) is 5.82 Å². The highest BCUT2D eigenvalue weighted by Crippen LogP contribution is 2.06. The van der Waals surface area contributed by atoms with Gasteiger partial charge in [0.15, 0.2) is 5.96 Å². The molecule has 0 saturated carbocycles. The minimum Gasteiger partial charge on any atom is -0.370 e. The first kappa shape index (κ1) is 16.0. The number of aliphatic imine (C=N–C) groups is 1. The fraction of sp³-hybridized carbons (Fsp3) is 0.235. The number of rotatable bonds is 6. The number of hydrogen-bond acceptors (Lipinski definition) is 2. The topological polar surface area (TPSA) is 53.6 Å². The van der Waals surface area contributed by atoms with Crippen molar-refractivity contribution in [2.75, 3.05) is 25.5 Å². The predicted octanol–water partition coefficient (Wildman–Crippen LogP) is 2.68. The first-order valence-corrected chi connectivity index (χ1v) is 7.18. The standard InChI is InChI=1S/C17H21FN4/c1-22(13-14-7-9-15(18)10-8-14)12-11-20-17(19)21-16-5-3-2-4-6-16/h2-10H,11-13H2,1H3,(H3,19,20,21). The van der Waals surface area contributed by atoms with E-state index >= 15 is 0 Å². The molecule has 0 aliphatic carbocycles. The van der Waals surface area contributed by atoms with Gasteiger partial charge in [0.05, 0.1) is 6.54 Å². The number of guanidine groups is 1. The van der Waals surface area contributed by atoms with Crippen molar-refractivity contribution in [2.24, 2.45) is 10.7 Å². The molecule has 4 nitrogen and oxygen atoms in total. The third kappa shape index (κ3) is 5.54. The lowest BCUT2D eigenvalue weighted by Gasteiger charge is -2.15. The third-order valence-corrected chi connectivity index (χ3v) is 3.18. The van der Waals surface area contributed by atoms with Gasteiger partial charge in [-0.25, -0.2) is 4.39 Å². The molecule has 0 heterocycles. The summed E-state index contributed by atoms with van der Waals surface area (Å²) in [6, 6.07) is 16.2. The maximum atomic E-state index is 12.8. The van der Waals surface area contributed by atoms with E-state index in [9.17, 15) is 4.39 Å². The van der Waals surface area contributed by atoms with Crippen molar-refractivity contribution in [2.45, 2.75) is 6.54 Å². The summed E-state index contributed by atoms with van der Waals surface area (Å²) in [6.45, 7) is 2.12. The number of nitrogens with zero attached hydrogens (tertiary/aromatic N) is 2. The van der Waals surface area contributed by atoms with Crippen LogP contribution >= 0.6 is 0 Å². The first-order chi connectivity index (χ1) is 10.6. The summed E-state index contributed by atoms with van der Waals surface area (Å²) in [4.78, 5) is 6.41. The fourth-order valence-electron chi connectivity index (χ4n) is 2.03. The largest absolute Gasteiger partial charge is 0.370 e. The molecule has 0 bridgehead atoms. The molecule has 0 fully saturated rings. The predicted molar refractivity (Wildman–Crippen MR) is 89.3 cm³/mol. The molecule has 0 aliphatic rings. The second kappa shape index (κ2) is 8.14. The Bertz CT molecular complexity index is 596. The van der Waals surface area contributed by atoms with Gasteiger partial charge in [-0.05, 0) is 36.9 Å². The van der Waals surface area contributed by atoms with Crippen LogP contribution < -0.4 is 11.1 Å². The summed E-state index contributed by atoms with van der Waals surface area (Å²) < 4.78 is 12.8. The van der Waals surface area contributed by atoms with Crippen LogP contribution in [0.5, 0.6) is 0 Å². The van der Waals surface area contributed by atoms with Gasteiger partial charge in [-0.3, -0.25) is 4.99 Å². The lowest BCUT2D eigenvalue weighted by atomic mass is 10.2. The fourth-order valence-corrected chi connectivity index (χ4v) is 2.03. The number of benzene rings is 2. The van der Waals surface area contributed by atoms with Crippen LogP contribution in [-0.2, 0) is 6.54 Å². The maximum absolute atomic E-state index is 12.8. The zero-order valence-electron chi connectivity index (χ0n) is 12.7. The van der Waals surface area contributed by atoms with Crippen molar-refractivity contribution in [3.05, 3.63) is 66.0 Å². The monoisotopic (exact) mass is 300 g/mol. The van der Waals surface area contributed by atoms with Crippen molar-refractivity contribution >= 4 is 11.6 Å². The van der Waals surface area contributed by atoms with Crippen LogP contribution in [0.4, 0.5) is 10.1 Å². The van der Waals surface area contributed by atoms with E-state index in [1.54, 1.807) is 12.1 Å². The summed E-state index contributed by atoms with van der Waals surface area (Å²) in [5.74, 6) is 0.192. The zero-order chi connectivity index (χ0) is 15.8. The van der Waals surface area contributed by atoms with Gasteiger partial charge in [-0.1, -0.05) is 30.3 Å². The Balaban J connectivity index is 1.74. The van der Waals surface area contributed by atoms with Crippen molar-refractivity contribution in [1.82, 2.24) is 4.90 Å². The molecule has 0 spiro atoms.